The molecule has 0 fully saturated rings. The lowest BCUT2D eigenvalue weighted by Crippen LogP contribution is -2.12. The Morgan fingerprint density at radius 3 is 2.41 bits per heavy atom. The minimum atomic E-state index is -4.49. The number of fused-ring (bicyclic) bond motifs is 3. The van der Waals surface area contributed by atoms with Gasteiger partial charge in [-0.05, 0) is 71.5 Å². The molecule has 0 unspecified atom stereocenters. The molecule has 1 aromatic heterocycles. The summed E-state index contributed by atoms with van der Waals surface area (Å²) in [5.74, 6) is 0.0624. The molecule has 1 aliphatic rings. The molecule has 0 amide bonds. The molecule has 0 spiro atoms. The van der Waals surface area contributed by atoms with Gasteiger partial charge in [-0.3, -0.25) is 0 Å². The molecule has 1 aliphatic carbocycles. The fourth-order valence-electron chi connectivity index (χ4n) is 4.38. The van der Waals surface area contributed by atoms with Crippen LogP contribution in [0.3, 0.4) is 0 Å². The number of aryl methyl sites for hydroxylation is 1. The summed E-state index contributed by atoms with van der Waals surface area (Å²) in [5.41, 5.74) is 11.0. The Bertz CT molecular complexity index is 1350. The zero-order valence-corrected chi connectivity index (χ0v) is 16.9. The van der Waals surface area contributed by atoms with Crippen LogP contribution in [0.4, 0.5) is 18.9 Å². The second-order valence-corrected chi connectivity index (χ2v) is 7.89. The van der Waals surface area contributed by atoms with Crippen LogP contribution in [0.5, 0.6) is 5.75 Å². The van der Waals surface area contributed by atoms with Crippen molar-refractivity contribution in [3.05, 3.63) is 89.5 Å². The summed E-state index contributed by atoms with van der Waals surface area (Å²) in [6, 6.07) is 19.4. The van der Waals surface area contributed by atoms with Gasteiger partial charge >= 0.3 is 6.18 Å². The SMILES string of the molecule is Nc1ccc2c(c1)CCc1c(-c3ccccc3C(F)(F)F)cc(-c3cccc(O)c3)nc1-2. The Kier molecular flexibility index (Phi) is 4.66. The number of nitrogens with two attached hydrogens (primary N) is 1. The van der Waals surface area contributed by atoms with Crippen molar-refractivity contribution < 1.29 is 18.3 Å². The molecular weight excluding hydrogens is 413 g/mol. The molecule has 4 aromatic rings. The summed E-state index contributed by atoms with van der Waals surface area (Å²) in [5, 5.41) is 9.95. The zero-order chi connectivity index (χ0) is 22.5. The van der Waals surface area contributed by atoms with Crippen molar-refractivity contribution in [2.24, 2.45) is 0 Å². The number of anilines is 1. The normalized spacial score (nSPS) is 12.8. The molecule has 32 heavy (non-hydrogen) atoms. The predicted octanol–water partition coefficient (Wildman–Crippen LogP) is 6.49. The van der Waals surface area contributed by atoms with Crippen LogP contribution in [0.2, 0.25) is 0 Å². The number of benzene rings is 3. The lowest BCUT2D eigenvalue weighted by molar-refractivity contribution is -0.137. The number of halogens is 3. The second kappa shape index (κ2) is 7.41. The number of hydrogen-bond donors (Lipinski definition) is 2. The monoisotopic (exact) mass is 432 g/mol. The molecule has 6 heteroatoms. The lowest BCUT2D eigenvalue weighted by atomic mass is 9.83. The van der Waals surface area contributed by atoms with E-state index in [2.05, 4.69) is 0 Å². The molecule has 5 rings (SSSR count). The van der Waals surface area contributed by atoms with E-state index in [1.54, 1.807) is 42.5 Å². The maximum atomic E-state index is 13.9. The van der Waals surface area contributed by atoms with Crippen LogP contribution in [-0.2, 0) is 19.0 Å². The first-order valence-corrected chi connectivity index (χ1v) is 10.2. The number of nitrogen functional groups attached to an aromatic ring is 1. The predicted molar refractivity (Wildman–Crippen MR) is 119 cm³/mol. The molecule has 3 N–H and O–H groups in total. The number of nitrogens with zero attached hydrogens (tertiary/aromatic N) is 1. The summed E-state index contributed by atoms with van der Waals surface area (Å²) in [7, 11) is 0. The highest BCUT2D eigenvalue weighted by Crippen LogP contribution is 2.44. The maximum Gasteiger partial charge on any atom is 0.417 e. The minimum Gasteiger partial charge on any atom is -0.508 e. The van der Waals surface area contributed by atoms with Crippen LogP contribution < -0.4 is 5.73 Å². The third kappa shape index (κ3) is 3.47. The highest BCUT2D eigenvalue weighted by Gasteiger charge is 2.34. The average Bonchev–Trinajstić information content (AvgIpc) is 2.77. The number of phenolic OH excluding ortho intramolecular Hbond substituents is 1. The molecule has 160 valence electrons. The van der Waals surface area contributed by atoms with E-state index in [0.29, 0.717) is 41.0 Å². The van der Waals surface area contributed by atoms with E-state index in [4.69, 9.17) is 10.7 Å². The Morgan fingerprint density at radius 2 is 1.62 bits per heavy atom. The number of hydrogen-bond acceptors (Lipinski definition) is 3. The van der Waals surface area contributed by atoms with Crippen LogP contribution in [0.15, 0.2) is 72.8 Å². The maximum absolute atomic E-state index is 13.9. The molecule has 0 radical (unpaired) electrons. The number of rotatable bonds is 2. The minimum absolute atomic E-state index is 0.0624. The number of pyridine rings is 1. The third-order valence-electron chi connectivity index (χ3n) is 5.82. The van der Waals surface area contributed by atoms with Gasteiger partial charge in [-0.15, -0.1) is 0 Å². The van der Waals surface area contributed by atoms with Gasteiger partial charge in [0.05, 0.1) is 17.0 Å². The van der Waals surface area contributed by atoms with E-state index >= 15 is 0 Å². The third-order valence-corrected chi connectivity index (χ3v) is 5.82. The van der Waals surface area contributed by atoms with Gasteiger partial charge in [0.15, 0.2) is 0 Å². The highest BCUT2D eigenvalue weighted by atomic mass is 19.4. The summed E-state index contributed by atoms with van der Waals surface area (Å²) in [4.78, 5) is 4.84. The molecular formula is C26H19F3N2O. The number of aromatic hydroxyl groups is 1. The van der Waals surface area contributed by atoms with Crippen molar-refractivity contribution >= 4 is 5.69 Å². The van der Waals surface area contributed by atoms with E-state index in [1.165, 1.54) is 12.1 Å². The van der Waals surface area contributed by atoms with E-state index in [9.17, 15) is 18.3 Å². The fourth-order valence-corrected chi connectivity index (χ4v) is 4.38. The second-order valence-electron chi connectivity index (χ2n) is 7.89. The topological polar surface area (TPSA) is 59.1 Å². The van der Waals surface area contributed by atoms with Crippen molar-refractivity contribution in [1.82, 2.24) is 4.98 Å². The number of phenols is 1. The fraction of sp³-hybridized carbons (Fsp3) is 0.115. The van der Waals surface area contributed by atoms with Crippen molar-refractivity contribution in [2.45, 2.75) is 19.0 Å². The largest absolute Gasteiger partial charge is 0.508 e. The Labute approximate surface area is 183 Å². The van der Waals surface area contributed by atoms with Gasteiger partial charge < -0.3 is 10.8 Å². The van der Waals surface area contributed by atoms with Gasteiger partial charge in [0.25, 0.3) is 0 Å². The Morgan fingerprint density at radius 1 is 0.812 bits per heavy atom. The van der Waals surface area contributed by atoms with Crippen LogP contribution in [-0.4, -0.2) is 10.1 Å². The summed E-state index contributed by atoms with van der Waals surface area (Å²) < 4.78 is 41.6. The van der Waals surface area contributed by atoms with E-state index in [-0.39, 0.29) is 11.3 Å². The summed E-state index contributed by atoms with van der Waals surface area (Å²) in [6.07, 6.45) is -3.26. The number of aromatic nitrogens is 1. The molecule has 1 heterocycles. The van der Waals surface area contributed by atoms with Crippen molar-refractivity contribution in [3.63, 3.8) is 0 Å². The average molecular weight is 432 g/mol. The zero-order valence-electron chi connectivity index (χ0n) is 16.9. The first-order valence-electron chi connectivity index (χ1n) is 10.2. The van der Waals surface area contributed by atoms with Gasteiger partial charge in [0, 0.05) is 16.8 Å². The van der Waals surface area contributed by atoms with Crippen LogP contribution >= 0.6 is 0 Å². The molecule has 0 atom stereocenters. The molecule has 0 saturated carbocycles. The van der Waals surface area contributed by atoms with Crippen LogP contribution in [0.1, 0.15) is 16.7 Å². The van der Waals surface area contributed by atoms with Crippen LogP contribution in [0.25, 0.3) is 33.6 Å². The van der Waals surface area contributed by atoms with Crippen molar-refractivity contribution in [3.8, 4) is 39.4 Å². The summed E-state index contributed by atoms with van der Waals surface area (Å²) in [6.45, 7) is 0. The van der Waals surface area contributed by atoms with Crippen molar-refractivity contribution in [2.75, 3.05) is 5.73 Å². The molecule has 0 bridgehead atoms. The standard InChI is InChI=1S/C26H19F3N2O/c27-26(28,29)23-7-2-1-6-20(23)22-14-24(16-4-3-5-18(32)13-16)31-25-19-11-9-17(30)12-15(19)8-10-21(22)25/h1-7,9,11-14,32H,8,10,30H2. The summed E-state index contributed by atoms with van der Waals surface area (Å²) >= 11 is 0. The van der Waals surface area contributed by atoms with Gasteiger partial charge in [0.2, 0.25) is 0 Å². The molecule has 3 nitrogen and oxygen atoms in total. The molecule has 0 saturated heterocycles. The van der Waals surface area contributed by atoms with E-state index < -0.39 is 11.7 Å². The first-order chi connectivity index (χ1) is 15.3. The van der Waals surface area contributed by atoms with E-state index in [0.717, 1.165) is 22.8 Å². The van der Waals surface area contributed by atoms with Crippen LogP contribution in [0, 0.1) is 0 Å². The van der Waals surface area contributed by atoms with Gasteiger partial charge in [-0.1, -0.05) is 36.4 Å². The van der Waals surface area contributed by atoms with Gasteiger partial charge in [0.1, 0.15) is 5.75 Å². The Balaban J connectivity index is 1.83. The smallest absolute Gasteiger partial charge is 0.417 e. The lowest BCUT2D eigenvalue weighted by Gasteiger charge is -2.24. The van der Waals surface area contributed by atoms with Crippen molar-refractivity contribution in [1.29, 1.82) is 0 Å². The first kappa shape index (κ1) is 20.1. The Hall–Kier alpha value is -3.80. The molecule has 0 aliphatic heterocycles. The number of alkyl halides is 3. The highest BCUT2D eigenvalue weighted by molar-refractivity contribution is 5.85. The van der Waals surface area contributed by atoms with Gasteiger partial charge in [-0.25, -0.2) is 4.98 Å². The van der Waals surface area contributed by atoms with Gasteiger partial charge in [-0.2, -0.15) is 13.2 Å². The van der Waals surface area contributed by atoms with E-state index in [1.807, 2.05) is 12.1 Å². The molecule has 3 aromatic carbocycles. The quantitative estimate of drug-likeness (QED) is 0.356.